The highest BCUT2D eigenvalue weighted by atomic mass is 16.5. The Balaban J connectivity index is 2.06. The molecule has 2 heterocycles. The summed E-state index contributed by atoms with van der Waals surface area (Å²) in [5, 5.41) is 20.5. The van der Waals surface area contributed by atoms with E-state index in [-0.39, 0.29) is 29.4 Å². The molecule has 1 aliphatic rings. The number of aliphatic hydroxyl groups excluding tert-OH is 1. The number of rotatable bonds is 9. The average Bonchev–Trinajstić information content (AvgIpc) is 3.33. The maximum atomic E-state index is 13.0. The van der Waals surface area contributed by atoms with E-state index in [1.54, 1.807) is 32.2 Å². The Kier molecular flexibility index (Phi) is 6.23. The summed E-state index contributed by atoms with van der Waals surface area (Å²) in [5.74, 6) is -1.65. The average molecular weight is 401 g/mol. The zero-order valence-electron chi connectivity index (χ0n) is 16.3. The molecule has 8 heteroatoms. The number of carbonyl (C=O) groups excluding carboxylic acids is 2. The van der Waals surface area contributed by atoms with Gasteiger partial charge in [0.05, 0.1) is 24.5 Å². The number of benzene rings is 1. The molecule has 0 aliphatic carbocycles. The highest BCUT2D eigenvalue weighted by Crippen LogP contribution is 2.41. The molecule has 1 aliphatic heterocycles. The predicted octanol–water partition coefficient (Wildman–Crippen LogP) is 3.00. The van der Waals surface area contributed by atoms with Gasteiger partial charge in [0.25, 0.3) is 5.91 Å². The van der Waals surface area contributed by atoms with Crippen LogP contribution in [-0.2, 0) is 9.53 Å². The fraction of sp³-hybridized carbons (Fsp3) is 0.333. The number of furan rings is 1. The molecular formula is C21H23NO7. The van der Waals surface area contributed by atoms with Crippen LogP contribution in [0.2, 0.25) is 0 Å². The molecule has 0 saturated heterocycles. The van der Waals surface area contributed by atoms with Crippen molar-refractivity contribution in [2.45, 2.75) is 19.4 Å². The lowest BCUT2D eigenvalue weighted by atomic mass is 9.94. The first-order valence-electron chi connectivity index (χ1n) is 9.26. The number of phenols is 1. The van der Waals surface area contributed by atoms with E-state index in [1.807, 2.05) is 0 Å². The summed E-state index contributed by atoms with van der Waals surface area (Å²) in [6.45, 7) is 2.79. The van der Waals surface area contributed by atoms with E-state index in [4.69, 9.17) is 13.9 Å². The molecular weight excluding hydrogens is 378 g/mol. The van der Waals surface area contributed by atoms with E-state index in [0.717, 1.165) is 0 Å². The normalized spacial score (nSPS) is 16.6. The molecule has 3 rings (SSSR count). The summed E-state index contributed by atoms with van der Waals surface area (Å²) in [4.78, 5) is 27.2. The second-order valence-electron chi connectivity index (χ2n) is 6.48. The number of phenolic OH excluding ortho intramolecular Hbond substituents is 1. The molecule has 29 heavy (non-hydrogen) atoms. The van der Waals surface area contributed by atoms with Gasteiger partial charge in [0.2, 0.25) is 5.78 Å². The number of ketones is 1. The van der Waals surface area contributed by atoms with Gasteiger partial charge < -0.3 is 29.0 Å². The summed E-state index contributed by atoms with van der Waals surface area (Å²) >= 11 is 0. The molecule has 2 N–H and O–H groups in total. The third-order valence-corrected chi connectivity index (χ3v) is 4.64. The first-order chi connectivity index (χ1) is 14.0. The fourth-order valence-corrected chi connectivity index (χ4v) is 3.35. The molecule has 1 atom stereocenters. The lowest BCUT2D eigenvalue weighted by Gasteiger charge is -2.27. The van der Waals surface area contributed by atoms with Crippen molar-refractivity contribution in [3.8, 4) is 11.5 Å². The second-order valence-corrected chi connectivity index (χ2v) is 6.48. The van der Waals surface area contributed by atoms with Crippen LogP contribution in [0.5, 0.6) is 11.5 Å². The highest BCUT2D eigenvalue weighted by molar-refractivity contribution is 6.15. The Hall–Kier alpha value is -3.26. The van der Waals surface area contributed by atoms with Gasteiger partial charge in [-0.2, -0.15) is 0 Å². The van der Waals surface area contributed by atoms with Crippen LogP contribution in [0.15, 0.2) is 52.3 Å². The van der Waals surface area contributed by atoms with E-state index in [1.165, 1.54) is 23.3 Å². The summed E-state index contributed by atoms with van der Waals surface area (Å²) < 4.78 is 15.7. The molecule has 154 valence electrons. The molecule has 0 radical (unpaired) electrons. The number of aromatic hydroxyl groups is 1. The number of carbonyl (C=O) groups is 2. The first-order valence-corrected chi connectivity index (χ1v) is 9.26. The molecule has 2 aromatic rings. The largest absolute Gasteiger partial charge is 0.504 e. The van der Waals surface area contributed by atoms with E-state index >= 15 is 0 Å². The minimum Gasteiger partial charge on any atom is -0.504 e. The van der Waals surface area contributed by atoms with Crippen molar-refractivity contribution in [1.82, 2.24) is 4.90 Å². The number of ether oxygens (including phenoxy) is 2. The predicted molar refractivity (Wildman–Crippen MR) is 103 cm³/mol. The summed E-state index contributed by atoms with van der Waals surface area (Å²) in [5.41, 5.74) is 0.450. The monoisotopic (exact) mass is 401 g/mol. The van der Waals surface area contributed by atoms with Gasteiger partial charge in [0, 0.05) is 20.3 Å². The molecule has 0 fully saturated rings. The van der Waals surface area contributed by atoms with Gasteiger partial charge in [0.1, 0.15) is 0 Å². The SMILES string of the molecule is CCOc1cc([C@H]2C(C(=O)c3ccco3)=C(O)C(=O)N2CCCOC)ccc1O. The molecule has 8 nitrogen and oxygen atoms in total. The first kappa shape index (κ1) is 20.5. The number of nitrogens with zero attached hydrogens (tertiary/aromatic N) is 1. The molecule has 0 spiro atoms. The van der Waals surface area contributed by atoms with Crippen LogP contribution < -0.4 is 4.74 Å². The smallest absolute Gasteiger partial charge is 0.290 e. The van der Waals surface area contributed by atoms with Crippen LogP contribution in [0.4, 0.5) is 0 Å². The van der Waals surface area contributed by atoms with Crippen molar-refractivity contribution in [3.63, 3.8) is 0 Å². The Morgan fingerprint density at radius 1 is 1.28 bits per heavy atom. The zero-order valence-corrected chi connectivity index (χ0v) is 16.3. The standard InChI is InChI=1S/C21H23NO7/c1-3-28-16-12-13(7-8-14(16)23)18-17(19(24)15-6-4-11-29-15)20(25)21(26)22(18)9-5-10-27-2/h4,6-8,11-12,18,23,25H,3,5,9-10H2,1-2H3/t18-/m0/s1. The Labute approximate surface area is 168 Å². The number of Topliss-reactive ketones (excluding diaryl/α,β-unsaturated/α-hetero) is 1. The number of methoxy groups -OCH3 is 1. The minimum absolute atomic E-state index is 0.0203. The van der Waals surface area contributed by atoms with Crippen molar-refractivity contribution in [3.05, 3.63) is 59.3 Å². The van der Waals surface area contributed by atoms with Crippen molar-refractivity contribution in [1.29, 1.82) is 0 Å². The summed E-state index contributed by atoms with van der Waals surface area (Å²) in [6, 6.07) is 6.77. The zero-order chi connectivity index (χ0) is 21.0. The number of hydrogen-bond acceptors (Lipinski definition) is 7. The molecule has 0 bridgehead atoms. The van der Waals surface area contributed by atoms with Crippen molar-refractivity contribution >= 4 is 11.7 Å². The van der Waals surface area contributed by atoms with Gasteiger partial charge in [-0.1, -0.05) is 6.07 Å². The van der Waals surface area contributed by atoms with E-state index in [9.17, 15) is 19.8 Å². The molecule has 1 aromatic heterocycles. The van der Waals surface area contributed by atoms with Crippen LogP contribution in [0.25, 0.3) is 0 Å². The van der Waals surface area contributed by atoms with Gasteiger partial charge in [-0.3, -0.25) is 9.59 Å². The quantitative estimate of drug-likeness (QED) is 0.491. The van der Waals surface area contributed by atoms with Crippen LogP contribution in [-0.4, -0.2) is 53.7 Å². The minimum atomic E-state index is -0.850. The number of amides is 1. The Bertz CT molecular complexity index is 917. The molecule has 0 saturated carbocycles. The maximum Gasteiger partial charge on any atom is 0.290 e. The van der Waals surface area contributed by atoms with Crippen molar-refractivity contribution in [2.24, 2.45) is 0 Å². The lowest BCUT2D eigenvalue weighted by molar-refractivity contribution is -0.129. The van der Waals surface area contributed by atoms with Gasteiger partial charge in [-0.15, -0.1) is 0 Å². The fourth-order valence-electron chi connectivity index (χ4n) is 3.35. The van der Waals surface area contributed by atoms with Crippen molar-refractivity contribution < 1.29 is 33.7 Å². The molecule has 1 aromatic carbocycles. The molecule has 0 unspecified atom stereocenters. The van der Waals surface area contributed by atoms with Crippen LogP contribution in [0.1, 0.15) is 35.5 Å². The maximum absolute atomic E-state index is 13.0. The van der Waals surface area contributed by atoms with Gasteiger partial charge in [0.15, 0.2) is 23.0 Å². The van der Waals surface area contributed by atoms with E-state index in [0.29, 0.717) is 25.2 Å². The third kappa shape index (κ3) is 3.97. The van der Waals surface area contributed by atoms with Crippen LogP contribution >= 0.6 is 0 Å². The number of hydrogen-bond donors (Lipinski definition) is 2. The summed E-state index contributed by atoms with van der Waals surface area (Å²) in [6.07, 6.45) is 1.87. The number of aliphatic hydroxyl groups is 1. The second kappa shape index (κ2) is 8.83. The lowest BCUT2D eigenvalue weighted by Crippen LogP contribution is -2.32. The Morgan fingerprint density at radius 2 is 2.07 bits per heavy atom. The highest BCUT2D eigenvalue weighted by Gasteiger charge is 2.44. The van der Waals surface area contributed by atoms with Crippen LogP contribution in [0, 0.1) is 0 Å². The van der Waals surface area contributed by atoms with Gasteiger partial charge in [-0.05, 0) is 43.2 Å². The molecule has 1 amide bonds. The third-order valence-electron chi connectivity index (χ3n) is 4.64. The van der Waals surface area contributed by atoms with Gasteiger partial charge >= 0.3 is 0 Å². The van der Waals surface area contributed by atoms with Gasteiger partial charge in [-0.25, -0.2) is 0 Å². The van der Waals surface area contributed by atoms with Crippen molar-refractivity contribution in [2.75, 3.05) is 26.9 Å². The summed E-state index contributed by atoms with van der Waals surface area (Å²) in [7, 11) is 1.55. The van der Waals surface area contributed by atoms with E-state index in [2.05, 4.69) is 0 Å². The van der Waals surface area contributed by atoms with Crippen LogP contribution in [0.3, 0.4) is 0 Å². The topological polar surface area (TPSA) is 109 Å². The van der Waals surface area contributed by atoms with E-state index < -0.39 is 23.5 Å². The Morgan fingerprint density at radius 3 is 2.72 bits per heavy atom.